The quantitative estimate of drug-likeness (QED) is 0.264. The molecule has 14 heteroatoms. The van der Waals surface area contributed by atoms with Crippen molar-refractivity contribution in [3.05, 3.63) is 66.7 Å². The zero-order valence-electron chi connectivity index (χ0n) is 15.4. The van der Waals surface area contributed by atoms with Gasteiger partial charge in [-0.1, -0.05) is 18.5 Å². The Balaban J connectivity index is 2.88. The van der Waals surface area contributed by atoms with Crippen LogP contribution in [0.3, 0.4) is 0 Å². The minimum absolute atomic E-state index is 0.114. The molecule has 0 radical (unpaired) electrons. The number of non-ortho nitro benzene ring substituents is 1. The normalized spacial score (nSPS) is 12.0. The summed E-state index contributed by atoms with van der Waals surface area (Å²) >= 11 is 5.90. The number of benzene rings is 2. The second kappa shape index (κ2) is 8.57. The third-order valence-electron chi connectivity index (χ3n) is 4.07. The summed E-state index contributed by atoms with van der Waals surface area (Å²) in [4.78, 5) is 20.8. The zero-order valence-corrected chi connectivity index (χ0v) is 16.2. The van der Waals surface area contributed by atoms with E-state index in [1.807, 2.05) is 0 Å². The van der Waals surface area contributed by atoms with Crippen LogP contribution in [0, 0.1) is 20.2 Å². The summed E-state index contributed by atoms with van der Waals surface area (Å²) in [6.45, 7) is 1.20. The maximum absolute atomic E-state index is 13.7. The number of anilines is 2. The molecule has 0 aromatic heterocycles. The first kappa shape index (κ1) is 24.2. The first-order valence-corrected chi connectivity index (χ1v) is 8.74. The van der Waals surface area contributed by atoms with E-state index in [9.17, 15) is 46.6 Å². The van der Waals surface area contributed by atoms with E-state index in [1.54, 1.807) is 0 Å². The summed E-state index contributed by atoms with van der Waals surface area (Å²) < 4.78 is 79.9. The van der Waals surface area contributed by atoms with Crippen molar-refractivity contribution >= 4 is 34.4 Å². The third kappa shape index (κ3) is 5.16. The van der Waals surface area contributed by atoms with Gasteiger partial charge >= 0.3 is 12.4 Å². The van der Waals surface area contributed by atoms with Crippen LogP contribution < -0.4 is 4.90 Å². The van der Waals surface area contributed by atoms with Gasteiger partial charge in [0.15, 0.2) is 0 Å². The zero-order chi connectivity index (χ0) is 23.7. The van der Waals surface area contributed by atoms with E-state index in [0.717, 1.165) is 11.0 Å². The average Bonchev–Trinajstić information content (AvgIpc) is 2.63. The molecule has 2 rings (SSSR count). The second-order valence-corrected chi connectivity index (χ2v) is 6.60. The fourth-order valence-corrected chi connectivity index (χ4v) is 3.11. The van der Waals surface area contributed by atoms with Gasteiger partial charge in [-0.15, -0.1) is 0 Å². The van der Waals surface area contributed by atoms with Crippen LogP contribution in [0.2, 0.25) is 5.02 Å². The Morgan fingerprint density at radius 2 is 1.58 bits per heavy atom. The molecule has 0 saturated heterocycles. The van der Waals surface area contributed by atoms with Crippen LogP contribution in [0.25, 0.3) is 0 Å². The molecule has 0 aliphatic carbocycles. The molecule has 0 unspecified atom stereocenters. The van der Waals surface area contributed by atoms with E-state index in [-0.39, 0.29) is 24.7 Å². The van der Waals surface area contributed by atoms with Gasteiger partial charge < -0.3 is 4.90 Å². The highest BCUT2D eigenvalue weighted by atomic mass is 35.5. The van der Waals surface area contributed by atoms with Crippen molar-refractivity contribution in [3.8, 4) is 0 Å². The first-order chi connectivity index (χ1) is 14.2. The molecular formula is C17H12ClF6N3O4. The maximum atomic E-state index is 13.7. The van der Waals surface area contributed by atoms with Gasteiger partial charge in [0, 0.05) is 12.6 Å². The van der Waals surface area contributed by atoms with Crippen molar-refractivity contribution < 1.29 is 36.2 Å². The summed E-state index contributed by atoms with van der Waals surface area (Å²) in [6, 6.07) is 2.30. The van der Waals surface area contributed by atoms with E-state index in [0.29, 0.717) is 18.2 Å². The third-order valence-corrected chi connectivity index (χ3v) is 4.37. The van der Waals surface area contributed by atoms with Gasteiger partial charge in [-0.25, -0.2) is 0 Å². The Morgan fingerprint density at radius 1 is 0.968 bits per heavy atom. The monoisotopic (exact) mass is 471 g/mol. The van der Waals surface area contributed by atoms with Gasteiger partial charge in [0.1, 0.15) is 5.69 Å². The van der Waals surface area contributed by atoms with Gasteiger partial charge in [-0.05, 0) is 24.6 Å². The molecule has 0 heterocycles. The average molecular weight is 472 g/mol. The molecule has 168 valence electrons. The van der Waals surface area contributed by atoms with E-state index < -0.39 is 55.4 Å². The van der Waals surface area contributed by atoms with Crippen LogP contribution in [0.1, 0.15) is 24.5 Å². The molecule has 0 bridgehead atoms. The van der Waals surface area contributed by atoms with Crippen molar-refractivity contribution in [3.63, 3.8) is 0 Å². The van der Waals surface area contributed by atoms with Crippen molar-refractivity contribution in [2.45, 2.75) is 25.7 Å². The van der Waals surface area contributed by atoms with E-state index in [1.165, 1.54) is 6.92 Å². The molecular weight excluding hydrogens is 460 g/mol. The van der Waals surface area contributed by atoms with Gasteiger partial charge in [0.25, 0.3) is 11.4 Å². The van der Waals surface area contributed by atoms with Crippen molar-refractivity contribution in [2.75, 3.05) is 11.4 Å². The van der Waals surface area contributed by atoms with Crippen LogP contribution >= 0.6 is 11.6 Å². The number of hydrogen-bond donors (Lipinski definition) is 0. The molecule has 2 aromatic rings. The van der Waals surface area contributed by atoms with Gasteiger partial charge in [-0.3, -0.25) is 20.2 Å². The molecule has 31 heavy (non-hydrogen) atoms. The standard InChI is InChI=1S/C17H12ClF6N3O4/c1-2-5-25(13-4-3-9(6-12(13)18)16(19,20)21)15-11(17(22,23)24)7-10(26(28)29)8-14(15)27(30)31/h3-4,6-8H,2,5H2,1H3. The minimum Gasteiger partial charge on any atom is -0.334 e. The van der Waals surface area contributed by atoms with Gasteiger partial charge in [0.2, 0.25) is 0 Å². The number of hydrogen-bond acceptors (Lipinski definition) is 5. The second-order valence-electron chi connectivity index (χ2n) is 6.19. The lowest BCUT2D eigenvalue weighted by atomic mass is 10.1. The molecule has 0 atom stereocenters. The molecule has 0 spiro atoms. The molecule has 7 nitrogen and oxygen atoms in total. The Bertz CT molecular complexity index is 1030. The summed E-state index contributed by atoms with van der Waals surface area (Å²) in [5.74, 6) is 0. The first-order valence-electron chi connectivity index (χ1n) is 8.36. The lowest BCUT2D eigenvalue weighted by molar-refractivity contribution is -0.394. The molecule has 0 saturated carbocycles. The Labute approximate surface area is 175 Å². The predicted molar refractivity (Wildman–Crippen MR) is 98.5 cm³/mol. The summed E-state index contributed by atoms with van der Waals surface area (Å²) in [7, 11) is 0. The number of nitrogens with zero attached hydrogens (tertiary/aromatic N) is 3. The smallest absolute Gasteiger partial charge is 0.334 e. The molecule has 0 fully saturated rings. The summed E-state index contributed by atoms with van der Waals surface area (Å²) in [5.41, 5.74) is -6.71. The molecule has 0 aliphatic heterocycles. The highest BCUT2D eigenvalue weighted by molar-refractivity contribution is 6.33. The van der Waals surface area contributed by atoms with Crippen LogP contribution in [-0.2, 0) is 12.4 Å². The number of nitro groups is 2. The fraction of sp³-hybridized carbons (Fsp3) is 0.294. The SMILES string of the molecule is CCCN(c1ccc(C(F)(F)F)cc1Cl)c1c([N+](=O)[O-])cc([N+](=O)[O-])cc1C(F)(F)F. The Hall–Kier alpha value is -3.09. The number of halogens is 7. The summed E-state index contributed by atoms with van der Waals surface area (Å²) in [6.07, 6.45) is -9.92. The number of rotatable bonds is 6. The van der Waals surface area contributed by atoms with Crippen LogP contribution in [-0.4, -0.2) is 16.4 Å². The lowest BCUT2D eigenvalue weighted by Crippen LogP contribution is -2.24. The van der Waals surface area contributed by atoms with Crippen molar-refractivity contribution in [2.24, 2.45) is 0 Å². The van der Waals surface area contributed by atoms with Gasteiger partial charge in [0.05, 0.1) is 37.7 Å². The molecule has 2 aromatic carbocycles. The molecule has 0 N–H and O–H groups in total. The maximum Gasteiger partial charge on any atom is 0.418 e. The number of nitro benzene ring substituents is 2. The highest BCUT2D eigenvalue weighted by Crippen LogP contribution is 2.48. The van der Waals surface area contributed by atoms with E-state index >= 15 is 0 Å². The Morgan fingerprint density at radius 3 is 2.00 bits per heavy atom. The van der Waals surface area contributed by atoms with Crippen molar-refractivity contribution in [1.29, 1.82) is 0 Å². The molecule has 0 aliphatic rings. The lowest BCUT2D eigenvalue weighted by Gasteiger charge is -2.28. The molecule has 0 amide bonds. The minimum atomic E-state index is -5.25. The fourth-order valence-electron chi connectivity index (χ4n) is 2.83. The summed E-state index contributed by atoms with van der Waals surface area (Å²) in [5, 5.41) is 21.9. The Kier molecular flexibility index (Phi) is 6.69. The van der Waals surface area contributed by atoms with Crippen LogP contribution in [0.5, 0.6) is 0 Å². The van der Waals surface area contributed by atoms with Crippen molar-refractivity contribution in [1.82, 2.24) is 0 Å². The topological polar surface area (TPSA) is 89.5 Å². The van der Waals surface area contributed by atoms with Crippen LogP contribution in [0.15, 0.2) is 30.3 Å². The van der Waals surface area contributed by atoms with E-state index in [4.69, 9.17) is 11.6 Å². The van der Waals surface area contributed by atoms with Gasteiger partial charge in [-0.2, -0.15) is 26.3 Å². The number of alkyl halides is 6. The highest BCUT2D eigenvalue weighted by Gasteiger charge is 2.42. The van der Waals surface area contributed by atoms with E-state index in [2.05, 4.69) is 0 Å². The predicted octanol–water partition coefficient (Wildman–Crippen LogP) is 6.74. The largest absolute Gasteiger partial charge is 0.418 e. The van der Waals surface area contributed by atoms with Crippen LogP contribution in [0.4, 0.5) is 49.1 Å².